The Morgan fingerprint density at radius 1 is 1.18 bits per heavy atom. The van der Waals surface area contributed by atoms with E-state index in [1.165, 1.54) is 0 Å². The summed E-state index contributed by atoms with van der Waals surface area (Å²) >= 11 is 0. The molecule has 0 saturated carbocycles. The zero-order valence-electron chi connectivity index (χ0n) is 10.1. The van der Waals surface area contributed by atoms with Gasteiger partial charge in [0, 0.05) is 16.8 Å². The van der Waals surface area contributed by atoms with Crippen LogP contribution in [0.5, 0.6) is 0 Å². The third-order valence-electron chi connectivity index (χ3n) is 2.74. The third kappa shape index (κ3) is 2.26. The molecule has 0 radical (unpaired) electrons. The Balaban J connectivity index is 2.54. The third-order valence-corrected chi connectivity index (χ3v) is 2.74. The summed E-state index contributed by atoms with van der Waals surface area (Å²) in [4.78, 5) is 8.96. The molecule has 0 aliphatic carbocycles. The van der Waals surface area contributed by atoms with Crippen LogP contribution in [-0.2, 0) is 6.42 Å². The van der Waals surface area contributed by atoms with Crippen molar-refractivity contribution in [2.24, 2.45) is 5.84 Å². The number of aromatic nitrogens is 2. The maximum absolute atomic E-state index is 5.50. The number of nitrogens with two attached hydrogens (primary N) is 1. The highest BCUT2D eigenvalue weighted by atomic mass is 15.3. The maximum atomic E-state index is 5.50. The van der Waals surface area contributed by atoms with Gasteiger partial charge in [-0.3, -0.25) is 0 Å². The largest absolute Gasteiger partial charge is 0.308 e. The summed E-state index contributed by atoms with van der Waals surface area (Å²) in [7, 11) is 0. The fraction of sp³-hybridized carbons (Fsp3) is 0.231. The minimum atomic E-state index is 0.702. The topological polar surface area (TPSA) is 63.8 Å². The van der Waals surface area contributed by atoms with Crippen LogP contribution in [0.1, 0.15) is 18.2 Å². The van der Waals surface area contributed by atoms with Gasteiger partial charge in [-0.1, -0.05) is 37.3 Å². The van der Waals surface area contributed by atoms with E-state index < -0.39 is 0 Å². The second-order valence-electron chi connectivity index (χ2n) is 3.82. The van der Waals surface area contributed by atoms with E-state index in [1.807, 2.05) is 37.3 Å². The van der Waals surface area contributed by atoms with Gasteiger partial charge in [0.25, 0.3) is 0 Å². The minimum Gasteiger partial charge on any atom is -0.308 e. The molecule has 3 N–H and O–H groups in total. The van der Waals surface area contributed by atoms with Crippen molar-refractivity contribution in [2.45, 2.75) is 20.3 Å². The lowest BCUT2D eigenvalue weighted by Crippen LogP contribution is -2.13. The Morgan fingerprint density at radius 2 is 1.88 bits per heavy atom. The zero-order chi connectivity index (χ0) is 12.3. The summed E-state index contributed by atoms with van der Waals surface area (Å²) < 4.78 is 0. The lowest BCUT2D eigenvalue weighted by molar-refractivity contribution is 0.995. The molecule has 0 aliphatic heterocycles. The summed E-state index contributed by atoms with van der Waals surface area (Å²) in [5, 5.41) is 0. The number of rotatable bonds is 3. The second-order valence-corrected chi connectivity index (χ2v) is 3.82. The first kappa shape index (κ1) is 11.5. The fourth-order valence-corrected chi connectivity index (χ4v) is 1.86. The highest BCUT2D eigenvalue weighted by Crippen LogP contribution is 2.21. The maximum Gasteiger partial charge on any atom is 0.161 e. The molecule has 2 rings (SSSR count). The number of nitrogen functional groups attached to an aromatic ring is 1. The van der Waals surface area contributed by atoms with E-state index in [-0.39, 0.29) is 0 Å². The van der Waals surface area contributed by atoms with Crippen molar-refractivity contribution >= 4 is 5.82 Å². The lowest BCUT2D eigenvalue weighted by Gasteiger charge is -2.11. The van der Waals surface area contributed by atoms with E-state index in [4.69, 9.17) is 5.84 Å². The number of benzene rings is 1. The fourth-order valence-electron chi connectivity index (χ4n) is 1.86. The lowest BCUT2D eigenvalue weighted by atomic mass is 10.1. The Morgan fingerprint density at radius 3 is 2.47 bits per heavy atom. The molecule has 0 atom stereocenters. The first-order valence-electron chi connectivity index (χ1n) is 5.65. The predicted molar refractivity (Wildman–Crippen MR) is 69.4 cm³/mol. The standard InChI is InChI=1S/C13H16N4/c1-3-11-9(2)15-12(16-13(11)17-14)10-7-5-4-6-8-10/h4-8H,3,14H2,1-2H3,(H,15,16,17). The van der Waals surface area contributed by atoms with Gasteiger partial charge in [-0.05, 0) is 13.3 Å². The van der Waals surface area contributed by atoms with Crippen LogP contribution in [0.25, 0.3) is 11.4 Å². The molecule has 0 saturated heterocycles. The Labute approximate surface area is 101 Å². The molecule has 1 aromatic carbocycles. The van der Waals surface area contributed by atoms with Crippen LogP contribution in [0.2, 0.25) is 0 Å². The van der Waals surface area contributed by atoms with Crippen molar-refractivity contribution in [3.8, 4) is 11.4 Å². The van der Waals surface area contributed by atoms with Gasteiger partial charge >= 0.3 is 0 Å². The monoisotopic (exact) mass is 228 g/mol. The molecule has 0 aliphatic rings. The number of hydrogen-bond donors (Lipinski definition) is 2. The predicted octanol–water partition coefficient (Wildman–Crippen LogP) is 2.30. The van der Waals surface area contributed by atoms with Gasteiger partial charge in [-0.2, -0.15) is 0 Å². The van der Waals surface area contributed by atoms with Crippen LogP contribution in [0.15, 0.2) is 30.3 Å². The summed E-state index contributed by atoms with van der Waals surface area (Å²) in [5.41, 5.74) is 5.67. The van der Waals surface area contributed by atoms with E-state index >= 15 is 0 Å². The Bertz CT molecular complexity index is 508. The smallest absolute Gasteiger partial charge is 0.161 e. The Kier molecular flexibility index (Phi) is 3.35. The first-order valence-corrected chi connectivity index (χ1v) is 5.65. The summed E-state index contributed by atoms with van der Waals surface area (Å²) in [6.07, 6.45) is 0.862. The van der Waals surface area contributed by atoms with E-state index in [0.29, 0.717) is 11.6 Å². The van der Waals surface area contributed by atoms with Gasteiger partial charge in [0.1, 0.15) is 5.82 Å². The van der Waals surface area contributed by atoms with Crippen LogP contribution in [0.3, 0.4) is 0 Å². The van der Waals surface area contributed by atoms with Crippen molar-refractivity contribution in [3.05, 3.63) is 41.6 Å². The summed E-state index contributed by atoms with van der Waals surface area (Å²) in [6.45, 7) is 4.04. The number of nitrogens with zero attached hydrogens (tertiary/aromatic N) is 2. The van der Waals surface area contributed by atoms with Gasteiger partial charge in [0.2, 0.25) is 0 Å². The highest BCUT2D eigenvalue weighted by molar-refractivity contribution is 5.59. The molecule has 1 aromatic heterocycles. The van der Waals surface area contributed by atoms with Crippen molar-refractivity contribution in [1.82, 2.24) is 9.97 Å². The molecule has 4 nitrogen and oxygen atoms in total. The van der Waals surface area contributed by atoms with Crippen LogP contribution in [-0.4, -0.2) is 9.97 Å². The van der Waals surface area contributed by atoms with Gasteiger partial charge in [-0.15, -0.1) is 0 Å². The van der Waals surface area contributed by atoms with Crippen LogP contribution in [0, 0.1) is 6.92 Å². The quantitative estimate of drug-likeness (QED) is 0.625. The van der Waals surface area contributed by atoms with Gasteiger partial charge in [0.15, 0.2) is 5.82 Å². The van der Waals surface area contributed by atoms with Gasteiger partial charge in [0.05, 0.1) is 0 Å². The molecule has 0 unspecified atom stereocenters. The second kappa shape index (κ2) is 4.93. The van der Waals surface area contributed by atoms with Crippen molar-refractivity contribution in [2.75, 3.05) is 5.43 Å². The molecule has 0 bridgehead atoms. The van der Waals surface area contributed by atoms with E-state index in [1.54, 1.807) is 0 Å². The number of anilines is 1. The molecule has 0 spiro atoms. The molecule has 0 amide bonds. The van der Waals surface area contributed by atoms with Crippen LogP contribution >= 0.6 is 0 Å². The normalized spacial score (nSPS) is 10.3. The average Bonchev–Trinajstić information content (AvgIpc) is 2.38. The molecule has 4 heteroatoms. The molecule has 88 valence electrons. The molecule has 0 fully saturated rings. The Hall–Kier alpha value is -1.94. The van der Waals surface area contributed by atoms with E-state index in [0.717, 1.165) is 23.2 Å². The molecule has 2 aromatic rings. The zero-order valence-corrected chi connectivity index (χ0v) is 10.1. The first-order chi connectivity index (χ1) is 8.26. The number of hydrazine groups is 1. The van der Waals surface area contributed by atoms with Crippen LogP contribution < -0.4 is 11.3 Å². The number of hydrogen-bond acceptors (Lipinski definition) is 4. The number of nitrogens with one attached hydrogen (secondary N) is 1. The SMILES string of the molecule is CCc1c(C)nc(-c2ccccc2)nc1NN. The van der Waals surface area contributed by atoms with E-state index in [9.17, 15) is 0 Å². The molecular formula is C13H16N4. The van der Waals surface area contributed by atoms with Crippen LogP contribution in [0.4, 0.5) is 5.82 Å². The highest BCUT2D eigenvalue weighted by Gasteiger charge is 2.10. The summed E-state index contributed by atoms with van der Waals surface area (Å²) in [5.74, 6) is 6.91. The minimum absolute atomic E-state index is 0.702. The average molecular weight is 228 g/mol. The van der Waals surface area contributed by atoms with Crippen molar-refractivity contribution in [1.29, 1.82) is 0 Å². The van der Waals surface area contributed by atoms with Gasteiger partial charge in [-0.25, -0.2) is 15.8 Å². The van der Waals surface area contributed by atoms with E-state index in [2.05, 4.69) is 22.3 Å². The van der Waals surface area contributed by atoms with Gasteiger partial charge < -0.3 is 5.43 Å². The van der Waals surface area contributed by atoms with Crippen molar-refractivity contribution in [3.63, 3.8) is 0 Å². The molecule has 17 heavy (non-hydrogen) atoms. The van der Waals surface area contributed by atoms with Crippen molar-refractivity contribution < 1.29 is 0 Å². The molecule has 1 heterocycles. The summed E-state index contributed by atoms with van der Waals surface area (Å²) in [6, 6.07) is 9.88. The number of aryl methyl sites for hydroxylation is 1. The molecular weight excluding hydrogens is 212 g/mol.